The lowest BCUT2D eigenvalue weighted by atomic mass is 10.1. The van der Waals surface area contributed by atoms with E-state index in [2.05, 4.69) is 5.32 Å². The van der Waals surface area contributed by atoms with Gasteiger partial charge in [-0.15, -0.1) is 0 Å². The molecule has 0 saturated heterocycles. The molecule has 2 atom stereocenters. The van der Waals surface area contributed by atoms with Crippen LogP contribution in [0.3, 0.4) is 0 Å². The van der Waals surface area contributed by atoms with Crippen LogP contribution < -0.4 is 5.32 Å². The summed E-state index contributed by atoms with van der Waals surface area (Å²) in [7, 11) is 0. The largest absolute Gasteiger partial charge is 0.481 e. The number of carboxylic acids is 1. The van der Waals surface area contributed by atoms with Crippen molar-refractivity contribution in [1.29, 1.82) is 0 Å². The molecule has 21 heavy (non-hydrogen) atoms. The maximum Gasteiger partial charge on any atom is 0.307 e. The molecule has 1 aromatic carbocycles. The predicted octanol–water partition coefficient (Wildman–Crippen LogP) is 2.20. The Morgan fingerprint density at radius 2 is 1.95 bits per heavy atom. The van der Waals surface area contributed by atoms with E-state index in [-0.39, 0.29) is 11.4 Å². The summed E-state index contributed by atoms with van der Waals surface area (Å²) in [6.07, 6.45) is 0. The summed E-state index contributed by atoms with van der Waals surface area (Å²) in [5.74, 6) is -2.98. The monoisotopic (exact) mass is 292 g/mol. The molecular weight excluding hydrogens is 276 g/mol. The standard InChI is InChI=1S/C14H16N2O5/c1-7-4-5-9(16(20)21)8(6-7)15-12(17)10-11(13(18)19)14(10,2)3/h4-6,10-11H,1-3H3,(H,15,17)(H,18,19)/t10-,11+/m1/s1. The Bertz CT molecular complexity index is 638. The lowest BCUT2D eigenvalue weighted by molar-refractivity contribution is -0.383. The minimum atomic E-state index is -1.03. The predicted molar refractivity (Wildman–Crippen MR) is 74.9 cm³/mol. The van der Waals surface area contributed by atoms with Crippen LogP contribution in [0.5, 0.6) is 0 Å². The molecule has 0 unspecified atom stereocenters. The molecule has 0 radical (unpaired) electrons. The number of aryl methyl sites for hydroxylation is 1. The first-order valence-corrected chi connectivity index (χ1v) is 6.45. The number of carboxylic acid groups (broad SMARTS) is 1. The second-order valence-electron chi connectivity index (χ2n) is 5.88. The molecule has 0 aromatic heterocycles. The van der Waals surface area contributed by atoms with Gasteiger partial charge in [0.2, 0.25) is 5.91 Å². The fourth-order valence-electron chi connectivity index (χ4n) is 2.71. The molecule has 0 aliphatic heterocycles. The van der Waals surface area contributed by atoms with E-state index in [4.69, 9.17) is 5.11 Å². The zero-order valence-corrected chi connectivity index (χ0v) is 11.9. The maximum atomic E-state index is 12.2. The third kappa shape index (κ3) is 2.58. The number of hydrogen-bond donors (Lipinski definition) is 2. The fraction of sp³-hybridized carbons (Fsp3) is 0.429. The van der Waals surface area contributed by atoms with E-state index in [0.29, 0.717) is 0 Å². The third-order valence-electron chi connectivity index (χ3n) is 3.98. The van der Waals surface area contributed by atoms with Crippen LogP contribution in [0, 0.1) is 34.3 Å². The minimum Gasteiger partial charge on any atom is -0.481 e. The highest BCUT2D eigenvalue weighted by Gasteiger charge is 2.66. The van der Waals surface area contributed by atoms with E-state index in [1.54, 1.807) is 26.8 Å². The lowest BCUT2D eigenvalue weighted by Crippen LogP contribution is -2.18. The number of hydrogen-bond acceptors (Lipinski definition) is 4. The molecule has 1 aliphatic carbocycles. The second-order valence-corrected chi connectivity index (χ2v) is 5.88. The van der Waals surface area contributed by atoms with Crippen LogP contribution in [0.2, 0.25) is 0 Å². The van der Waals surface area contributed by atoms with Crippen LogP contribution in [0.25, 0.3) is 0 Å². The highest BCUT2D eigenvalue weighted by atomic mass is 16.6. The molecule has 1 saturated carbocycles. The number of nitrogens with zero attached hydrogens (tertiary/aromatic N) is 1. The number of aliphatic carboxylic acids is 1. The van der Waals surface area contributed by atoms with Crippen molar-refractivity contribution in [2.24, 2.45) is 17.3 Å². The number of rotatable bonds is 4. The van der Waals surface area contributed by atoms with Crippen molar-refractivity contribution in [1.82, 2.24) is 0 Å². The molecule has 2 N–H and O–H groups in total. The highest BCUT2D eigenvalue weighted by molar-refractivity contribution is 6.01. The van der Waals surface area contributed by atoms with Gasteiger partial charge < -0.3 is 10.4 Å². The topological polar surface area (TPSA) is 110 Å². The van der Waals surface area contributed by atoms with E-state index >= 15 is 0 Å². The van der Waals surface area contributed by atoms with Gasteiger partial charge in [-0.2, -0.15) is 0 Å². The van der Waals surface area contributed by atoms with Crippen molar-refractivity contribution >= 4 is 23.3 Å². The Balaban J connectivity index is 2.24. The van der Waals surface area contributed by atoms with Crippen molar-refractivity contribution in [3.05, 3.63) is 33.9 Å². The molecule has 112 valence electrons. The molecule has 7 nitrogen and oxygen atoms in total. The van der Waals surface area contributed by atoms with Gasteiger partial charge in [0.25, 0.3) is 5.69 Å². The molecule has 1 fully saturated rings. The number of benzene rings is 1. The van der Waals surface area contributed by atoms with Gasteiger partial charge in [0.15, 0.2) is 0 Å². The minimum absolute atomic E-state index is 0.0943. The van der Waals surface area contributed by atoms with Gasteiger partial charge in [-0.05, 0) is 24.0 Å². The smallest absolute Gasteiger partial charge is 0.307 e. The number of carbonyl (C=O) groups excluding carboxylic acids is 1. The first kappa shape index (κ1) is 15.0. The zero-order valence-electron chi connectivity index (χ0n) is 11.9. The van der Waals surface area contributed by atoms with E-state index < -0.39 is 34.1 Å². The molecule has 0 spiro atoms. The molecule has 1 aliphatic rings. The number of nitrogens with one attached hydrogen (secondary N) is 1. The fourth-order valence-corrected chi connectivity index (χ4v) is 2.71. The normalized spacial score (nSPS) is 22.4. The maximum absolute atomic E-state index is 12.2. The van der Waals surface area contributed by atoms with Gasteiger partial charge in [-0.1, -0.05) is 19.9 Å². The summed E-state index contributed by atoms with van der Waals surface area (Å²) in [5, 5.41) is 22.5. The first-order valence-electron chi connectivity index (χ1n) is 6.45. The van der Waals surface area contributed by atoms with E-state index in [1.165, 1.54) is 12.1 Å². The molecule has 1 amide bonds. The molecule has 2 rings (SSSR count). The summed E-state index contributed by atoms with van der Waals surface area (Å²) >= 11 is 0. The van der Waals surface area contributed by atoms with E-state index in [0.717, 1.165) is 5.56 Å². The highest BCUT2D eigenvalue weighted by Crippen LogP contribution is 2.58. The van der Waals surface area contributed by atoms with Gasteiger partial charge >= 0.3 is 5.97 Å². The van der Waals surface area contributed by atoms with Crippen LogP contribution in [0.4, 0.5) is 11.4 Å². The Hall–Kier alpha value is -2.44. The van der Waals surface area contributed by atoms with E-state index in [9.17, 15) is 19.7 Å². The molecule has 0 bridgehead atoms. The summed E-state index contributed by atoms with van der Waals surface area (Å²) in [4.78, 5) is 33.7. The number of carbonyl (C=O) groups is 2. The van der Waals surface area contributed by atoms with Crippen molar-refractivity contribution in [3.8, 4) is 0 Å². The van der Waals surface area contributed by atoms with Gasteiger partial charge in [-0.25, -0.2) is 0 Å². The second kappa shape index (κ2) is 4.83. The Morgan fingerprint density at radius 1 is 1.33 bits per heavy atom. The third-order valence-corrected chi connectivity index (χ3v) is 3.98. The van der Waals surface area contributed by atoms with Crippen molar-refractivity contribution < 1.29 is 19.6 Å². The van der Waals surface area contributed by atoms with Gasteiger partial charge in [-0.3, -0.25) is 19.7 Å². The average Bonchev–Trinajstić information content (AvgIpc) is 2.92. The van der Waals surface area contributed by atoms with Crippen LogP contribution in [0.15, 0.2) is 18.2 Å². The number of amides is 1. The summed E-state index contributed by atoms with van der Waals surface area (Å²) in [6, 6.07) is 4.40. The zero-order chi connectivity index (χ0) is 15.9. The molecule has 0 heterocycles. The number of anilines is 1. The van der Waals surface area contributed by atoms with Crippen molar-refractivity contribution in [3.63, 3.8) is 0 Å². The van der Waals surface area contributed by atoms with Crippen molar-refractivity contribution in [2.75, 3.05) is 5.32 Å². The Labute approximate surface area is 121 Å². The Morgan fingerprint density at radius 3 is 2.43 bits per heavy atom. The lowest BCUT2D eigenvalue weighted by Gasteiger charge is -2.07. The van der Waals surface area contributed by atoms with Gasteiger partial charge in [0.1, 0.15) is 5.69 Å². The molecule has 1 aromatic rings. The van der Waals surface area contributed by atoms with Gasteiger partial charge in [0, 0.05) is 6.07 Å². The van der Waals surface area contributed by atoms with Crippen molar-refractivity contribution in [2.45, 2.75) is 20.8 Å². The quantitative estimate of drug-likeness (QED) is 0.653. The summed E-state index contributed by atoms with van der Waals surface area (Å²) in [5.41, 5.74) is 0.00555. The van der Waals surface area contributed by atoms with Crippen LogP contribution in [0.1, 0.15) is 19.4 Å². The summed E-state index contributed by atoms with van der Waals surface area (Å²) < 4.78 is 0. The molecular formula is C14H16N2O5. The first-order chi connectivity index (χ1) is 9.66. The SMILES string of the molecule is Cc1ccc([N+](=O)[O-])c(NC(=O)[C@H]2[C@@H](C(=O)O)C2(C)C)c1. The number of nitro benzene ring substituents is 1. The Kier molecular flexibility index (Phi) is 3.44. The number of nitro groups is 1. The van der Waals surface area contributed by atoms with E-state index in [1.807, 2.05) is 0 Å². The van der Waals surface area contributed by atoms with Crippen LogP contribution >= 0.6 is 0 Å². The average molecular weight is 292 g/mol. The van der Waals surface area contributed by atoms with Gasteiger partial charge in [0.05, 0.1) is 16.8 Å². The molecule has 7 heteroatoms. The van der Waals surface area contributed by atoms with Crippen LogP contribution in [-0.2, 0) is 9.59 Å². The van der Waals surface area contributed by atoms with Crippen LogP contribution in [-0.4, -0.2) is 21.9 Å². The summed E-state index contributed by atoms with van der Waals surface area (Å²) in [6.45, 7) is 5.14.